The number of para-hydroxylation sites is 2. The molecule has 4 aliphatic heterocycles. The van der Waals surface area contributed by atoms with E-state index in [1.807, 2.05) is 115 Å². The molecule has 0 bridgehead atoms. The number of benzene rings is 4. The summed E-state index contributed by atoms with van der Waals surface area (Å²) in [4.78, 5) is 52.3. The maximum Gasteiger partial charge on any atom is 0.345 e. The van der Waals surface area contributed by atoms with Crippen molar-refractivity contribution in [3.05, 3.63) is 198 Å². The van der Waals surface area contributed by atoms with Gasteiger partial charge in [0.25, 0.3) is 11.8 Å². The van der Waals surface area contributed by atoms with E-state index in [4.69, 9.17) is 30.8 Å². The normalized spacial score (nSPS) is 17.5. The van der Waals surface area contributed by atoms with Crippen LogP contribution in [0.4, 0.5) is 34.1 Å². The fraction of sp³-hybridized carbons (Fsp3) is 0.350. The number of furan rings is 4. The van der Waals surface area contributed by atoms with Gasteiger partial charge in [-0.1, -0.05) is 107 Å². The number of amides is 2. The average Bonchev–Trinajstić information content (AvgIpc) is 1.59. The minimum atomic E-state index is -4.06. The first-order valence-corrected chi connectivity index (χ1v) is 45.3. The van der Waals surface area contributed by atoms with Gasteiger partial charge in [-0.15, -0.1) is 17.6 Å². The molecule has 12 rings (SSSR count). The molecule has 44 heteroatoms. The second-order valence-electron chi connectivity index (χ2n) is 31.2. The van der Waals surface area contributed by atoms with Crippen LogP contribution in [0.1, 0.15) is 198 Å². The third-order valence-electron chi connectivity index (χ3n) is 18.3. The Morgan fingerprint density at radius 2 is 0.782 bits per heavy atom. The lowest BCUT2D eigenvalue weighted by Crippen LogP contribution is -2.32. The van der Waals surface area contributed by atoms with Crippen molar-refractivity contribution in [3.63, 3.8) is 0 Å². The summed E-state index contributed by atoms with van der Waals surface area (Å²) in [5, 5.41) is 52.9. The van der Waals surface area contributed by atoms with Gasteiger partial charge < -0.3 is 69.2 Å². The van der Waals surface area contributed by atoms with Crippen LogP contribution < -0.4 is 40.2 Å². The summed E-state index contributed by atoms with van der Waals surface area (Å²) in [5.41, 5.74) is 1.79. The van der Waals surface area contributed by atoms with E-state index in [1.54, 1.807) is 83.2 Å². The molecule has 8 aromatic rings. The van der Waals surface area contributed by atoms with Crippen LogP contribution >= 0.6 is 31.9 Å². The molecule has 0 radical (unpaired) electrons. The Morgan fingerprint density at radius 3 is 1.09 bits per heavy atom. The SMILES string of the molecule is CC(C)c1coc([C@H](N=C2NS(=O)(=O)N=C2Nc2ccc(Br)c(C(=O)N(C)C)c2O)C(C)(C)C)c1.Cc1ccc([C@H](N=C2NS(=O)(=O)N=C2Nc2ccc(Br)c(C(=O)N(C)C)c2O)C(C)(C)C)o1.[C-]#[N+]c1cccc(NC2=NS(=O)(=O)NC2=N[C@H](CC)c2cc(C(C)C)co2)c1O.[C-]#[N+]c1cccc(NC2=NS(=O)(=O)NC2=N[C@H](CC)c2ccc(C)o2)c1O. The zero-order chi connectivity index (χ0) is 91.8. The van der Waals surface area contributed by atoms with Gasteiger partial charge in [0, 0.05) is 37.1 Å². The molecular formula is C80H94Br2N20O18S4. The third kappa shape index (κ3) is 23.7. The van der Waals surface area contributed by atoms with Crippen LogP contribution in [0.25, 0.3) is 9.69 Å². The number of nitrogens with one attached hydrogen (secondary N) is 8. The molecule has 124 heavy (non-hydrogen) atoms. The number of carbonyl (C=O) groups is 2. The average molecular weight is 1910 g/mol. The van der Waals surface area contributed by atoms with Gasteiger partial charge in [0.1, 0.15) is 70.2 Å². The number of amidine groups is 8. The van der Waals surface area contributed by atoms with Crippen LogP contribution in [-0.2, 0) is 40.8 Å². The first-order chi connectivity index (χ1) is 57.9. The first kappa shape index (κ1) is 95.5. The summed E-state index contributed by atoms with van der Waals surface area (Å²) in [6.07, 6.45) is 4.49. The van der Waals surface area contributed by atoms with Crippen molar-refractivity contribution in [2.75, 3.05) is 49.5 Å². The number of halogens is 2. The van der Waals surface area contributed by atoms with Gasteiger partial charge in [0.15, 0.2) is 58.2 Å². The lowest BCUT2D eigenvalue weighted by molar-refractivity contribution is 0.0816. The fourth-order valence-electron chi connectivity index (χ4n) is 11.8. The molecule has 0 spiro atoms. The number of anilines is 4. The Morgan fingerprint density at radius 1 is 0.468 bits per heavy atom. The van der Waals surface area contributed by atoms with Crippen molar-refractivity contribution in [2.45, 2.75) is 146 Å². The predicted molar refractivity (Wildman–Crippen MR) is 482 cm³/mol. The summed E-state index contributed by atoms with van der Waals surface area (Å²) < 4.78 is 144. The molecule has 12 N–H and O–H groups in total. The summed E-state index contributed by atoms with van der Waals surface area (Å²) in [5.74, 6) is 1.74. The third-order valence-corrected chi connectivity index (χ3v) is 23.1. The van der Waals surface area contributed by atoms with E-state index in [0.717, 1.165) is 16.9 Å². The molecule has 8 heterocycles. The Bertz CT molecular complexity index is 6270. The van der Waals surface area contributed by atoms with E-state index < -0.39 is 87.6 Å². The highest BCUT2D eigenvalue weighted by molar-refractivity contribution is 9.10. The van der Waals surface area contributed by atoms with Crippen LogP contribution in [0, 0.1) is 37.8 Å². The number of phenols is 4. The largest absolute Gasteiger partial charge is 0.517 e. The standard InChI is InChI=1S/C23H30BrN5O5S.C21H26BrN5O5S.C19H21N5O4S.C17H17N5O4S/c1-12(2)13-10-16(34-11-13)19(23(3,4)5)26-21-20(27-35(32,33)28-21)25-15-9-8-14(24)17(18(15)30)22(31)29(6)7;1-11-7-10-14(32-11)17(21(2,3)4)24-19-18(25-33(30,31)26-19)23-13-9-8-12(22)15(16(13)28)20(29)27(5)6;1-5-13(16-9-12(10-28-16)11(2)3)21-18-19(24-29(26,27)23-18)22-15-8-6-7-14(20-4)17(15)25;1-4-11(14-9-8-10(2)26-14)19-16-17(22-27(24,25)21-16)20-13-7-5-6-12(18-3)15(13)23/h8-12,19,30H,1-7H3,(H,25,27)(H,26,28);7-10,17,28H,1-6H3,(H,23,25)(H,24,26);6-11,13,25H,5H2,1-3H3,(H,21,23)(H,22,24);5-9,11,23H,4H2,1-2H3,(H,19,21)(H,20,22)/t19-;17-;13-;11-/m0011/s1. The molecule has 660 valence electrons. The number of carbonyl (C=O) groups excluding carboxylic acids is 2. The quantitative estimate of drug-likeness (QED) is 0.0280. The molecule has 2 amide bonds. The summed E-state index contributed by atoms with van der Waals surface area (Å²) in [6.45, 7) is 41.5. The molecule has 0 unspecified atom stereocenters. The number of nitrogens with zero attached hydrogens (tertiary/aromatic N) is 12. The van der Waals surface area contributed by atoms with Gasteiger partial charge in [-0.25, -0.2) is 28.6 Å². The highest BCUT2D eigenvalue weighted by Gasteiger charge is 2.38. The van der Waals surface area contributed by atoms with E-state index in [1.165, 1.54) is 46.2 Å². The van der Waals surface area contributed by atoms with Crippen molar-refractivity contribution in [1.29, 1.82) is 0 Å². The number of phenolic OH excluding ortho intramolecular Hbond substituents is 4. The summed E-state index contributed by atoms with van der Waals surface area (Å²) >= 11 is 6.54. The second kappa shape index (κ2) is 38.6. The van der Waals surface area contributed by atoms with Crippen molar-refractivity contribution in [3.8, 4) is 23.0 Å². The molecule has 0 aliphatic carbocycles. The van der Waals surface area contributed by atoms with Gasteiger partial charge in [0.05, 0.1) is 59.5 Å². The lowest BCUT2D eigenvalue weighted by Gasteiger charge is -2.26. The van der Waals surface area contributed by atoms with Crippen LogP contribution in [0.2, 0.25) is 0 Å². The highest BCUT2D eigenvalue weighted by Crippen LogP contribution is 2.43. The first-order valence-electron chi connectivity index (χ1n) is 37.9. The number of hydrogen-bond donors (Lipinski definition) is 12. The van der Waals surface area contributed by atoms with Crippen molar-refractivity contribution >= 4 is 165 Å². The Labute approximate surface area is 735 Å². The minimum Gasteiger partial charge on any atom is -0.517 e. The van der Waals surface area contributed by atoms with Gasteiger partial charge in [-0.05, 0) is 165 Å². The molecule has 4 aromatic carbocycles. The molecule has 4 atom stereocenters. The van der Waals surface area contributed by atoms with Gasteiger partial charge >= 0.3 is 40.8 Å². The lowest BCUT2D eigenvalue weighted by atomic mass is 9.85. The van der Waals surface area contributed by atoms with Crippen molar-refractivity contribution in [2.24, 2.45) is 48.4 Å². The molecular weight excluding hydrogens is 1820 g/mol. The smallest absolute Gasteiger partial charge is 0.345 e. The molecule has 0 saturated heterocycles. The van der Waals surface area contributed by atoms with Gasteiger partial charge in [-0.2, -0.15) is 33.7 Å². The molecule has 0 fully saturated rings. The monoisotopic (exact) mass is 1910 g/mol. The predicted octanol–water partition coefficient (Wildman–Crippen LogP) is 14.9. The van der Waals surface area contributed by atoms with Crippen LogP contribution in [-0.4, -0.2) is 151 Å². The van der Waals surface area contributed by atoms with E-state index in [9.17, 15) is 63.7 Å². The minimum absolute atomic E-state index is 0.00326. The topological polar surface area (TPSA) is 514 Å². The maximum absolute atomic E-state index is 12.5. The Balaban J connectivity index is 0.000000188. The zero-order valence-electron chi connectivity index (χ0n) is 70.5. The van der Waals surface area contributed by atoms with Gasteiger partial charge in [0.2, 0.25) is 11.4 Å². The van der Waals surface area contributed by atoms with E-state index in [2.05, 4.69) is 119 Å². The number of aryl methyl sites for hydroxylation is 2. The molecule has 0 saturated carbocycles. The highest BCUT2D eigenvalue weighted by atomic mass is 79.9. The maximum atomic E-state index is 12.5. The molecule has 4 aliphatic rings. The molecule has 38 nitrogen and oxygen atoms in total. The van der Waals surface area contributed by atoms with Crippen LogP contribution in [0.3, 0.4) is 0 Å². The van der Waals surface area contributed by atoms with Crippen molar-refractivity contribution in [1.82, 2.24) is 28.7 Å². The van der Waals surface area contributed by atoms with Crippen LogP contribution in [0.15, 0.2) is 174 Å². The number of hydrogen-bond acceptors (Lipinski definition) is 26. The second-order valence-corrected chi connectivity index (χ2v) is 38.3. The fourth-order valence-corrected chi connectivity index (χ4v) is 16.0. The Kier molecular flexibility index (Phi) is 29.7. The zero-order valence-corrected chi connectivity index (χ0v) is 77.0. The molecule has 4 aromatic heterocycles. The number of aliphatic imine (C=N–C) groups is 4. The summed E-state index contributed by atoms with van der Waals surface area (Å²) in [6, 6.07) is 24.3. The Hall–Kier alpha value is -12.4. The van der Waals surface area contributed by atoms with E-state index in [-0.39, 0.29) is 121 Å². The van der Waals surface area contributed by atoms with Crippen LogP contribution in [0.5, 0.6) is 23.0 Å². The summed E-state index contributed by atoms with van der Waals surface area (Å²) in [7, 11) is -9.80. The van der Waals surface area contributed by atoms with Crippen molar-refractivity contribution < 1.29 is 81.4 Å². The van der Waals surface area contributed by atoms with E-state index in [0.29, 0.717) is 56.5 Å². The van der Waals surface area contributed by atoms with Gasteiger partial charge in [-0.3, -0.25) is 29.6 Å². The number of rotatable bonds is 18. The number of aromatic hydroxyl groups is 4. The van der Waals surface area contributed by atoms with E-state index >= 15 is 0 Å².